The van der Waals surface area contributed by atoms with E-state index in [4.69, 9.17) is 0 Å². The number of amides is 1. The van der Waals surface area contributed by atoms with Crippen molar-refractivity contribution in [3.8, 4) is 0 Å². The second-order valence-corrected chi connectivity index (χ2v) is 6.05. The molecule has 1 aromatic heterocycles. The fourth-order valence-electron chi connectivity index (χ4n) is 1.72. The van der Waals surface area contributed by atoms with Gasteiger partial charge in [0.15, 0.2) is 0 Å². The molecule has 0 spiro atoms. The Hall–Kier alpha value is -1.13. The first-order valence-corrected chi connectivity index (χ1v) is 7.39. The number of thiophene rings is 1. The summed E-state index contributed by atoms with van der Waals surface area (Å²) < 4.78 is 1.03. The van der Waals surface area contributed by atoms with Gasteiger partial charge in [0.25, 0.3) is 0 Å². The summed E-state index contributed by atoms with van der Waals surface area (Å²) in [5.41, 5.74) is 1.10. The molecule has 0 fully saturated rings. The maximum atomic E-state index is 11.9. The maximum absolute atomic E-state index is 11.9. The average molecular weight is 324 g/mol. The van der Waals surface area contributed by atoms with E-state index < -0.39 is 0 Å². The molecule has 4 heteroatoms. The molecule has 18 heavy (non-hydrogen) atoms. The van der Waals surface area contributed by atoms with Crippen LogP contribution in [0.4, 0.5) is 0 Å². The SMILES string of the molecule is C[C@H](NC(=O)Cc1cccs1)c1cccc(Br)c1. The number of carbonyl (C=O) groups excluding carboxylic acids is 1. The van der Waals surface area contributed by atoms with Crippen LogP contribution in [0.15, 0.2) is 46.3 Å². The zero-order valence-corrected chi connectivity index (χ0v) is 12.4. The molecule has 2 rings (SSSR count). The topological polar surface area (TPSA) is 29.1 Å². The van der Waals surface area contributed by atoms with Gasteiger partial charge < -0.3 is 5.32 Å². The predicted octanol–water partition coefficient (Wildman–Crippen LogP) is 3.93. The van der Waals surface area contributed by atoms with Gasteiger partial charge in [-0.1, -0.05) is 34.1 Å². The van der Waals surface area contributed by atoms with Gasteiger partial charge in [0.2, 0.25) is 5.91 Å². The molecule has 2 aromatic rings. The largest absolute Gasteiger partial charge is 0.349 e. The van der Waals surface area contributed by atoms with Crippen LogP contribution in [0.3, 0.4) is 0 Å². The average Bonchev–Trinajstić information content (AvgIpc) is 2.81. The number of rotatable bonds is 4. The predicted molar refractivity (Wildman–Crippen MR) is 78.7 cm³/mol. The first-order valence-electron chi connectivity index (χ1n) is 5.72. The van der Waals surface area contributed by atoms with Gasteiger partial charge in [0, 0.05) is 9.35 Å². The van der Waals surface area contributed by atoms with Gasteiger partial charge in [-0.3, -0.25) is 4.79 Å². The lowest BCUT2D eigenvalue weighted by Gasteiger charge is -2.14. The molecule has 1 atom stereocenters. The molecule has 1 aromatic carbocycles. The van der Waals surface area contributed by atoms with Crippen molar-refractivity contribution in [2.45, 2.75) is 19.4 Å². The highest BCUT2D eigenvalue weighted by Gasteiger charge is 2.10. The number of carbonyl (C=O) groups is 1. The molecule has 0 saturated heterocycles. The van der Waals surface area contributed by atoms with E-state index in [1.165, 1.54) is 0 Å². The molecule has 1 amide bonds. The summed E-state index contributed by atoms with van der Waals surface area (Å²) in [6.45, 7) is 1.99. The lowest BCUT2D eigenvalue weighted by molar-refractivity contribution is -0.121. The van der Waals surface area contributed by atoms with Crippen molar-refractivity contribution < 1.29 is 4.79 Å². The van der Waals surface area contributed by atoms with Gasteiger partial charge in [-0.05, 0) is 36.1 Å². The molecule has 0 bridgehead atoms. The molecule has 2 nitrogen and oxygen atoms in total. The van der Waals surface area contributed by atoms with E-state index in [0.717, 1.165) is 14.9 Å². The van der Waals surface area contributed by atoms with Crippen molar-refractivity contribution >= 4 is 33.2 Å². The van der Waals surface area contributed by atoms with Crippen molar-refractivity contribution in [3.63, 3.8) is 0 Å². The standard InChI is InChI=1S/C14H14BrNOS/c1-10(11-4-2-5-12(15)8-11)16-14(17)9-13-6-3-7-18-13/h2-8,10H,9H2,1H3,(H,16,17)/t10-/m0/s1. The Kier molecular flexibility index (Phi) is 4.55. The highest BCUT2D eigenvalue weighted by Crippen LogP contribution is 2.18. The van der Waals surface area contributed by atoms with Crippen LogP contribution in [0.2, 0.25) is 0 Å². The van der Waals surface area contributed by atoms with Gasteiger partial charge in [0.1, 0.15) is 0 Å². The van der Waals surface area contributed by atoms with Crippen LogP contribution in [0, 0.1) is 0 Å². The molecule has 1 heterocycles. The normalized spacial score (nSPS) is 12.1. The van der Waals surface area contributed by atoms with E-state index in [0.29, 0.717) is 6.42 Å². The molecule has 0 aliphatic heterocycles. The van der Waals surface area contributed by atoms with E-state index in [2.05, 4.69) is 21.2 Å². The van der Waals surface area contributed by atoms with Crippen molar-refractivity contribution in [1.82, 2.24) is 5.32 Å². The van der Waals surface area contributed by atoms with Crippen LogP contribution in [-0.4, -0.2) is 5.91 Å². The zero-order chi connectivity index (χ0) is 13.0. The van der Waals surface area contributed by atoms with Crippen LogP contribution >= 0.6 is 27.3 Å². The van der Waals surface area contributed by atoms with Crippen molar-refractivity contribution in [3.05, 3.63) is 56.7 Å². The Bertz CT molecular complexity index is 524. The van der Waals surface area contributed by atoms with Crippen molar-refractivity contribution in [2.75, 3.05) is 0 Å². The first kappa shape index (κ1) is 13.3. The highest BCUT2D eigenvalue weighted by molar-refractivity contribution is 9.10. The van der Waals surface area contributed by atoms with E-state index >= 15 is 0 Å². The molecule has 94 valence electrons. The van der Waals surface area contributed by atoms with E-state index in [1.807, 2.05) is 48.7 Å². The second kappa shape index (κ2) is 6.16. The smallest absolute Gasteiger partial charge is 0.225 e. The van der Waals surface area contributed by atoms with Crippen LogP contribution in [0.5, 0.6) is 0 Å². The van der Waals surface area contributed by atoms with E-state index in [9.17, 15) is 4.79 Å². The van der Waals surface area contributed by atoms with Gasteiger partial charge >= 0.3 is 0 Å². The molecule has 0 saturated carbocycles. The first-order chi connectivity index (χ1) is 8.65. The van der Waals surface area contributed by atoms with Crippen LogP contribution < -0.4 is 5.32 Å². The number of hydrogen-bond donors (Lipinski definition) is 1. The summed E-state index contributed by atoms with van der Waals surface area (Å²) >= 11 is 5.04. The molecular formula is C14H14BrNOS. The lowest BCUT2D eigenvalue weighted by atomic mass is 10.1. The van der Waals surface area contributed by atoms with Crippen molar-refractivity contribution in [1.29, 1.82) is 0 Å². The Balaban J connectivity index is 1.95. The highest BCUT2D eigenvalue weighted by atomic mass is 79.9. The van der Waals surface area contributed by atoms with Crippen LogP contribution in [0.25, 0.3) is 0 Å². The fraction of sp³-hybridized carbons (Fsp3) is 0.214. The lowest BCUT2D eigenvalue weighted by Crippen LogP contribution is -2.27. The summed E-state index contributed by atoms with van der Waals surface area (Å²) in [5.74, 6) is 0.0601. The van der Waals surface area contributed by atoms with Crippen LogP contribution in [-0.2, 0) is 11.2 Å². The fourth-order valence-corrected chi connectivity index (χ4v) is 2.84. The zero-order valence-electron chi connectivity index (χ0n) is 10.0. The summed E-state index contributed by atoms with van der Waals surface area (Å²) in [6.07, 6.45) is 0.454. The molecule has 0 unspecified atom stereocenters. The number of hydrogen-bond acceptors (Lipinski definition) is 2. The third-order valence-electron chi connectivity index (χ3n) is 2.64. The summed E-state index contributed by atoms with van der Waals surface area (Å²) in [7, 11) is 0. The van der Waals surface area contributed by atoms with Gasteiger partial charge in [-0.15, -0.1) is 11.3 Å². The molecule has 0 aliphatic carbocycles. The summed E-state index contributed by atoms with van der Waals surface area (Å²) in [6, 6.07) is 12.0. The quantitative estimate of drug-likeness (QED) is 0.907. The minimum atomic E-state index is 0.0231. The second-order valence-electron chi connectivity index (χ2n) is 4.10. The third-order valence-corrected chi connectivity index (χ3v) is 4.01. The third kappa shape index (κ3) is 3.68. The van der Waals surface area contributed by atoms with Crippen LogP contribution in [0.1, 0.15) is 23.4 Å². The number of halogens is 1. The van der Waals surface area contributed by atoms with Crippen molar-refractivity contribution in [2.24, 2.45) is 0 Å². The monoisotopic (exact) mass is 323 g/mol. The summed E-state index contributed by atoms with van der Waals surface area (Å²) in [4.78, 5) is 13.0. The minimum Gasteiger partial charge on any atom is -0.349 e. The van der Waals surface area contributed by atoms with Gasteiger partial charge in [-0.2, -0.15) is 0 Å². The minimum absolute atomic E-state index is 0.0231. The van der Waals surface area contributed by atoms with E-state index in [-0.39, 0.29) is 11.9 Å². The molecular weight excluding hydrogens is 310 g/mol. The Morgan fingerprint density at radius 2 is 2.22 bits per heavy atom. The Labute approximate surface area is 119 Å². The Morgan fingerprint density at radius 1 is 1.39 bits per heavy atom. The Morgan fingerprint density at radius 3 is 2.89 bits per heavy atom. The molecule has 0 aliphatic rings. The molecule has 1 N–H and O–H groups in total. The van der Waals surface area contributed by atoms with Gasteiger partial charge in [0.05, 0.1) is 12.5 Å². The van der Waals surface area contributed by atoms with E-state index in [1.54, 1.807) is 11.3 Å². The van der Waals surface area contributed by atoms with Gasteiger partial charge in [-0.25, -0.2) is 0 Å². The number of nitrogens with one attached hydrogen (secondary N) is 1. The maximum Gasteiger partial charge on any atom is 0.225 e. The summed E-state index contributed by atoms with van der Waals surface area (Å²) in [5, 5.41) is 5.00. The molecule has 0 radical (unpaired) electrons. The number of benzene rings is 1.